The Morgan fingerprint density at radius 3 is 2.61 bits per heavy atom. The van der Waals surface area contributed by atoms with E-state index in [9.17, 15) is 18.8 Å². The molecule has 8 rings (SSSR count). The highest BCUT2D eigenvalue weighted by Gasteiger charge is 2.57. The van der Waals surface area contributed by atoms with Crippen molar-refractivity contribution in [3.63, 3.8) is 0 Å². The number of carbonyl (C=O) groups excluding carboxylic acids is 3. The molecular weight excluding hydrogens is 601 g/mol. The van der Waals surface area contributed by atoms with Crippen LogP contribution in [0.2, 0.25) is 0 Å². The molecule has 0 N–H and O–H groups in total. The maximum atomic E-state index is 13.8. The standard InChI is InChI=1S/C33H28FN3O9/c34-23-6-7-24-26(13-23)46-35-29(24)21-8-10-36(33(15-21)44-30(38)31(39)45-33)16-22(19-4-2-1-3-5-19)17-41-32(40)37-11-9-20-12-27-28(14-25(20)37)43-18-42-27/h1-7,12-14,21-22H,8-11,15-18H2. The highest BCUT2D eigenvalue weighted by Crippen LogP contribution is 2.45. The lowest BCUT2D eigenvalue weighted by Crippen LogP contribution is -2.56. The van der Waals surface area contributed by atoms with Crippen LogP contribution in [0.5, 0.6) is 11.5 Å². The fourth-order valence-electron chi connectivity index (χ4n) is 6.78. The maximum absolute atomic E-state index is 13.8. The van der Waals surface area contributed by atoms with Gasteiger partial charge in [0.25, 0.3) is 0 Å². The number of benzene rings is 3. The summed E-state index contributed by atoms with van der Waals surface area (Å²) in [5, 5.41) is 4.82. The molecule has 0 saturated carbocycles. The second kappa shape index (κ2) is 11.0. The predicted molar refractivity (Wildman–Crippen MR) is 157 cm³/mol. The van der Waals surface area contributed by atoms with Gasteiger partial charge in [-0.3, -0.25) is 4.90 Å². The first-order valence-corrected chi connectivity index (χ1v) is 15.0. The zero-order valence-corrected chi connectivity index (χ0v) is 24.5. The normalized spacial score (nSPS) is 20.5. The Kier molecular flexibility index (Phi) is 6.78. The van der Waals surface area contributed by atoms with Gasteiger partial charge in [0.2, 0.25) is 6.79 Å². The zero-order chi connectivity index (χ0) is 31.4. The number of piperidine rings is 1. The minimum Gasteiger partial charge on any atom is -0.454 e. The number of rotatable bonds is 6. The van der Waals surface area contributed by atoms with Gasteiger partial charge in [-0.05, 0) is 42.2 Å². The van der Waals surface area contributed by atoms with Crippen LogP contribution in [0.25, 0.3) is 11.0 Å². The first-order valence-electron chi connectivity index (χ1n) is 15.0. The van der Waals surface area contributed by atoms with E-state index in [1.807, 2.05) is 36.4 Å². The number of amides is 1. The molecule has 1 amide bonds. The van der Waals surface area contributed by atoms with Crippen LogP contribution < -0.4 is 14.4 Å². The zero-order valence-electron chi connectivity index (χ0n) is 24.5. The van der Waals surface area contributed by atoms with Crippen molar-refractivity contribution in [3.05, 3.63) is 83.3 Å². The number of esters is 2. The summed E-state index contributed by atoms with van der Waals surface area (Å²) in [4.78, 5) is 41.7. The van der Waals surface area contributed by atoms with Gasteiger partial charge >= 0.3 is 23.9 Å². The number of hydrogen-bond acceptors (Lipinski definition) is 11. The van der Waals surface area contributed by atoms with Crippen LogP contribution in [-0.2, 0) is 30.2 Å². The lowest BCUT2D eigenvalue weighted by Gasteiger charge is -2.44. The molecule has 4 aromatic rings. The van der Waals surface area contributed by atoms with E-state index in [4.69, 9.17) is 28.2 Å². The van der Waals surface area contributed by atoms with E-state index in [2.05, 4.69) is 5.16 Å². The monoisotopic (exact) mass is 629 g/mol. The SMILES string of the molecule is O=C1OC2(CC(c3noc4cc(F)ccc34)CCN2CC(COC(=O)N2CCc3cc4c(cc32)OCO4)c2ccccc2)OC1=O. The molecule has 2 unspecified atom stereocenters. The molecule has 4 aliphatic heterocycles. The quantitative estimate of drug-likeness (QED) is 0.219. The van der Waals surface area contributed by atoms with Crippen LogP contribution in [0.3, 0.4) is 0 Å². The molecule has 0 bridgehead atoms. The molecule has 1 aromatic heterocycles. The van der Waals surface area contributed by atoms with Gasteiger partial charge < -0.3 is 28.2 Å². The molecule has 2 atom stereocenters. The van der Waals surface area contributed by atoms with E-state index in [1.165, 1.54) is 12.1 Å². The Morgan fingerprint density at radius 1 is 1.02 bits per heavy atom. The van der Waals surface area contributed by atoms with Gasteiger partial charge in [-0.25, -0.2) is 23.7 Å². The smallest absolute Gasteiger partial charge is 0.421 e. The second-order valence-corrected chi connectivity index (χ2v) is 11.8. The summed E-state index contributed by atoms with van der Waals surface area (Å²) in [6, 6.07) is 17.4. The Labute approximate surface area is 261 Å². The van der Waals surface area contributed by atoms with Crippen LogP contribution in [0, 0.1) is 5.82 Å². The number of aromatic nitrogens is 1. The number of ether oxygens (including phenoxy) is 5. The van der Waals surface area contributed by atoms with Gasteiger partial charge in [0.05, 0.1) is 17.8 Å². The molecule has 4 aliphatic rings. The molecule has 3 aromatic carbocycles. The largest absolute Gasteiger partial charge is 0.454 e. The molecule has 2 fully saturated rings. The molecule has 0 radical (unpaired) electrons. The van der Waals surface area contributed by atoms with Gasteiger partial charge in [0.15, 0.2) is 17.1 Å². The fraction of sp³-hybridized carbons (Fsp3) is 0.333. The molecule has 12 nitrogen and oxygen atoms in total. The van der Waals surface area contributed by atoms with Crippen molar-refractivity contribution >= 4 is 34.7 Å². The Morgan fingerprint density at radius 2 is 1.80 bits per heavy atom. The van der Waals surface area contributed by atoms with Crippen molar-refractivity contribution in [1.82, 2.24) is 10.1 Å². The summed E-state index contributed by atoms with van der Waals surface area (Å²) in [5.74, 6) is -3.77. The summed E-state index contributed by atoms with van der Waals surface area (Å²) in [6.07, 6.45) is 0.802. The number of likely N-dealkylation sites (tertiary alicyclic amines) is 1. The number of halogens is 1. The Hall–Kier alpha value is -5.17. The highest BCUT2D eigenvalue weighted by molar-refractivity contribution is 6.31. The molecule has 1 spiro atoms. The summed E-state index contributed by atoms with van der Waals surface area (Å²) in [5.41, 5.74) is 3.44. The number of nitrogens with zero attached hydrogens (tertiary/aromatic N) is 3. The van der Waals surface area contributed by atoms with Gasteiger partial charge in [-0.15, -0.1) is 0 Å². The molecule has 2 saturated heterocycles. The van der Waals surface area contributed by atoms with E-state index in [0.29, 0.717) is 54.1 Å². The summed E-state index contributed by atoms with van der Waals surface area (Å²) in [7, 11) is 0. The third-order valence-electron chi connectivity index (χ3n) is 9.06. The minimum absolute atomic E-state index is 0.0105. The van der Waals surface area contributed by atoms with Gasteiger partial charge in [-0.1, -0.05) is 35.5 Å². The van der Waals surface area contributed by atoms with E-state index in [1.54, 1.807) is 21.9 Å². The van der Waals surface area contributed by atoms with E-state index >= 15 is 0 Å². The number of carbonyl (C=O) groups is 3. The highest BCUT2D eigenvalue weighted by atomic mass is 19.1. The van der Waals surface area contributed by atoms with Gasteiger partial charge in [0.1, 0.15) is 12.4 Å². The van der Waals surface area contributed by atoms with Crippen LogP contribution in [0.15, 0.2) is 65.2 Å². The molecule has 46 heavy (non-hydrogen) atoms. The summed E-state index contributed by atoms with van der Waals surface area (Å²) in [6.45, 7) is 1.20. The van der Waals surface area contributed by atoms with Crippen LogP contribution in [-0.4, -0.2) is 67.0 Å². The third kappa shape index (κ3) is 4.87. The van der Waals surface area contributed by atoms with E-state index in [-0.39, 0.29) is 38.2 Å². The van der Waals surface area contributed by atoms with Crippen molar-refractivity contribution in [2.45, 2.75) is 37.0 Å². The van der Waals surface area contributed by atoms with Crippen LogP contribution >= 0.6 is 0 Å². The predicted octanol–water partition coefficient (Wildman–Crippen LogP) is 4.61. The van der Waals surface area contributed by atoms with Crippen molar-refractivity contribution in [3.8, 4) is 11.5 Å². The lowest BCUT2D eigenvalue weighted by molar-refractivity contribution is -0.268. The Balaban J connectivity index is 1.03. The Bertz CT molecular complexity index is 1850. The van der Waals surface area contributed by atoms with E-state index in [0.717, 1.165) is 16.8 Å². The first kappa shape index (κ1) is 28.3. The summed E-state index contributed by atoms with van der Waals surface area (Å²) >= 11 is 0. The lowest BCUT2D eigenvalue weighted by atomic mass is 9.88. The topological polar surface area (TPSA) is 130 Å². The maximum Gasteiger partial charge on any atom is 0.421 e. The first-order chi connectivity index (χ1) is 22.4. The minimum atomic E-state index is -1.70. The average Bonchev–Trinajstić information content (AvgIpc) is 3.84. The van der Waals surface area contributed by atoms with Crippen molar-refractivity contribution in [1.29, 1.82) is 0 Å². The molecule has 0 aliphatic carbocycles. The van der Waals surface area contributed by atoms with E-state index < -0.39 is 29.8 Å². The number of fused-ring (bicyclic) bond motifs is 3. The molecular formula is C33H28FN3O9. The summed E-state index contributed by atoms with van der Waals surface area (Å²) < 4.78 is 47.4. The molecule has 5 heterocycles. The third-order valence-corrected chi connectivity index (χ3v) is 9.06. The van der Waals surface area contributed by atoms with Crippen molar-refractivity contribution in [2.24, 2.45) is 0 Å². The van der Waals surface area contributed by atoms with Crippen LogP contribution in [0.4, 0.5) is 14.9 Å². The van der Waals surface area contributed by atoms with Gasteiger partial charge in [0, 0.05) is 49.0 Å². The van der Waals surface area contributed by atoms with Crippen molar-refractivity contribution < 1.29 is 47.0 Å². The molecule has 236 valence electrons. The fourth-order valence-corrected chi connectivity index (χ4v) is 6.78. The molecule has 13 heteroatoms. The average molecular weight is 630 g/mol. The second-order valence-electron chi connectivity index (χ2n) is 11.8. The van der Waals surface area contributed by atoms with Gasteiger partial charge in [-0.2, -0.15) is 0 Å². The number of anilines is 1. The van der Waals surface area contributed by atoms with Crippen molar-refractivity contribution in [2.75, 3.05) is 37.9 Å². The number of hydrogen-bond donors (Lipinski definition) is 0. The van der Waals surface area contributed by atoms with Crippen LogP contribution in [0.1, 0.15) is 41.5 Å².